The highest BCUT2D eigenvalue weighted by molar-refractivity contribution is 6.70. The zero-order valence-corrected chi connectivity index (χ0v) is 9.32. The molecule has 0 rings (SSSR count). The molecule has 0 aromatic heterocycles. The minimum atomic E-state index is -3.79. The number of aliphatic hydroxyl groups excluding tert-OH is 1. The molecule has 0 aliphatic heterocycles. The molecule has 0 saturated carbocycles. The third kappa shape index (κ3) is 11.0. The second-order valence-electron chi connectivity index (χ2n) is 2.09. The molecule has 0 aliphatic rings. The first kappa shape index (κ1) is 15.5. The van der Waals surface area contributed by atoms with Crippen molar-refractivity contribution in [1.29, 1.82) is 0 Å². The minimum Gasteiger partial charge on any atom is -0.394 e. The smallest absolute Gasteiger partial charge is 0.368 e. The Kier molecular flexibility index (Phi) is 7.28. The van der Waals surface area contributed by atoms with Crippen LogP contribution in [0.1, 0.15) is 13.8 Å². The number of hydrogen-bond donors (Lipinski definition) is 1. The molecular weight excluding hydrogens is 256 g/mol. The van der Waals surface area contributed by atoms with E-state index >= 15 is 0 Å². The summed E-state index contributed by atoms with van der Waals surface area (Å²) in [5.74, 6) is 0. The van der Waals surface area contributed by atoms with Gasteiger partial charge >= 0.3 is 5.38 Å². The third-order valence-electron chi connectivity index (χ3n) is 0.321. The predicted octanol–water partition coefficient (Wildman–Crippen LogP) is 3.58. The van der Waals surface area contributed by atoms with E-state index in [1.165, 1.54) is 0 Å². The Hall–Kier alpha value is 0.980. The molecule has 1 N–H and O–H groups in total. The van der Waals surface area contributed by atoms with Gasteiger partial charge in [-0.3, -0.25) is 0 Å². The van der Waals surface area contributed by atoms with Crippen molar-refractivity contribution in [2.24, 2.45) is 0 Å². The maximum atomic E-state index is 11.6. The van der Waals surface area contributed by atoms with Crippen LogP contribution in [0.4, 0.5) is 8.78 Å². The van der Waals surface area contributed by atoms with E-state index in [4.69, 9.17) is 5.11 Å². The highest BCUT2D eigenvalue weighted by atomic mass is 35.6. The summed E-state index contributed by atoms with van der Waals surface area (Å²) in [4.78, 5) is 0. The summed E-state index contributed by atoms with van der Waals surface area (Å²) in [6.07, 6.45) is -0.167. The molecule has 0 spiro atoms. The van der Waals surface area contributed by atoms with Crippen LogP contribution >= 0.6 is 46.4 Å². The zero-order chi connectivity index (χ0) is 10.6. The van der Waals surface area contributed by atoms with Gasteiger partial charge in [0.1, 0.15) is 0 Å². The van der Waals surface area contributed by atoms with Crippen molar-refractivity contribution < 1.29 is 13.9 Å². The Morgan fingerprint density at radius 2 is 1.17 bits per heavy atom. The maximum absolute atomic E-state index is 11.6. The number of hydrogen-bond acceptors (Lipinski definition) is 1. The molecule has 0 aromatic carbocycles. The molecule has 0 amide bonds. The van der Waals surface area contributed by atoms with Crippen LogP contribution in [0.2, 0.25) is 0 Å². The zero-order valence-electron chi connectivity index (χ0n) is 6.29. The van der Waals surface area contributed by atoms with Crippen LogP contribution in [-0.4, -0.2) is 20.4 Å². The van der Waals surface area contributed by atoms with Crippen LogP contribution in [-0.2, 0) is 0 Å². The molecule has 0 bridgehead atoms. The van der Waals surface area contributed by atoms with Gasteiger partial charge in [0.2, 0.25) is 0 Å². The Bertz CT molecular complexity index is 103. The number of alkyl halides is 6. The monoisotopic (exact) mass is 262 g/mol. The molecule has 12 heavy (non-hydrogen) atoms. The molecule has 0 saturated heterocycles. The van der Waals surface area contributed by atoms with Gasteiger partial charge in [-0.1, -0.05) is 34.8 Å². The molecule has 1 nitrogen and oxygen atoms in total. The second kappa shape index (κ2) is 5.66. The first-order valence-electron chi connectivity index (χ1n) is 2.80. The van der Waals surface area contributed by atoms with E-state index in [1.807, 2.05) is 0 Å². The summed E-state index contributed by atoms with van der Waals surface area (Å²) in [6, 6.07) is 0. The highest BCUT2D eigenvalue weighted by Gasteiger charge is 2.48. The van der Waals surface area contributed by atoms with Gasteiger partial charge < -0.3 is 5.11 Å². The first-order valence-corrected chi connectivity index (χ1v) is 4.31. The topological polar surface area (TPSA) is 20.2 Å². The lowest BCUT2D eigenvalue weighted by molar-refractivity contribution is 0.101. The van der Waals surface area contributed by atoms with Crippen LogP contribution in [0.5, 0.6) is 0 Å². The van der Waals surface area contributed by atoms with Gasteiger partial charge in [0.15, 0.2) is 0 Å². The van der Waals surface area contributed by atoms with Crippen molar-refractivity contribution >= 4 is 46.4 Å². The Labute approximate surface area is 89.5 Å². The maximum Gasteiger partial charge on any atom is 0.368 e. The number of halogens is 6. The summed E-state index contributed by atoms with van der Waals surface area (Å²) in [7, 11) is 0. The predicted molar refractivity (Wildman–Crippen MR) is 48.4 cm³/mol. The normalized spacial score (nSPS) is 12.5. The van der Waals surface area contributed by atoms with Crippen molar-refractivity contribution in [2.45, 2.75) is 29.1 Å². The summed E-state index contributed by atoms with van der Waals surface area (Å²) >= 11 is 18.3. The van der Waals surface area contributed by atoms with E-state index in [0.717, 1.165) is 0 Å². The fourth-order valence-electron chi connectivity index (χ4n) is 0. The van der Waals surface area contributed by atoms with E-state index in [-0.39, 0.29) is 6.10 Å². The number of rotatable bonds is 0. The van der Waals surface area contributed by atoms with Crippen LogP contribution in [0.25, 0.3) is 0 Å². The lowest BCUT2D eigenvalue weighted by Gasteiger charge is -2.15. The lowest BCUT2D eigenvalue weighted by atomic mass is 10.5. The van der Waals surface area contributed by atoms with E-state index in [2.05, 4.69) is 46.4 Å². The summed E-state index contributed by atoms with van der Waals surface area (Å²) in [5, 5.41) is 4.26. The average Bonchev–Trinajstić information content (AvgIpc) is 1.55. The largest absolute Gasteiger partial charge is 0.394 e. The molecule has 0 heterocycles. The molecular formula is C5H8Cl4F2O. The van der Waals surface area contributed by atoms with Gasteiger partial charge in [0, 0.05) is 6.10 Å². The third-order valence-corrected chi connectivity index (χ3v) is 1.61. The Morgan fingerprint density at radius 1 is 1.08 bits per heavy atom. The number of aliphatic hydroxyl groups is 1. The van der Waals surface area contributed by atoms with Crippen molar-refractivity contribution in [3.63, 3.8) is 0 Å². The Morgan fingerprint density at radius 3 is 1.17 bits per heavy atom. The summed E-state index contributed by atoms with van der Waals surface area (Å²) in [5.41, 5.74) is 0. The van der Waals surface area contributed by atoms with Crippen molar-refractivity contribution in [2.75, 3.05) is 0 Å². The van der Waals surface area contributed by atoms with Crippen LogP contribution in [0.3, 0.4) is 0 Å². The van der Waals surface area contributed by atoms with E-state index in [1.54, 1.807) is 13.8 Å². The van der Waals surface area contributed by atoms with Gasteiger partial charge in [0.25, 0.3) is 3.79 Å². The van der Waals surface area contributed by atoms with Crippen LogP contribution in [0.15, 0.2) is 0 Å². The Balaban J connectivity index is 0. The first-order chi connectivity index (χ1) is 4.98. The van der Waals surface area contributed by atoms with Crippen molar-refractivity contribution in [1.82, 2.24) is 0 Å². The van der Waals surface area contributed by atoms with Crippen molar-refractivity contribution in [3.05, 3.63) is 0 Å². The molecule has 0 atom stereocenters. The molecule has 0 aliphatic carbocycles. The van der Waals surface area contributed by atoms with Crippen LogP contribution < -0.4 is 0 Å². The fraction of sp³-hybridized carbons (Fsp3) is 1.00. The van der Waals surface area contributed by atoms with Gasteiger partial charge in [-0.15, -0.1) is 0 Å². The molecule has 0 aromatic rings. The van der Waals surface area contributed by atoms with E-state index < -0.39 is 9.17 Å². The van der Waals surface area contributed by atoms with Gasteiger partial charge in [-0.05, 0) is 25.4 Å². The van der Waals surface area contributed by atoms with E-state index in [0.29, 0.717) is 0 Å². The standard InChI is InChI=1S/C3H8O.C2Cl4F2/c1-3(2)4;3-1(4,5)2(6,7)8/h3-4H,1-2H3;. The lowest BCUT2D eigenvalue weighted by Crippen LogP contribution is -2.26. The molecule has 76 valence electrons. The quantitative estimate of drug-likeness (QED) is 0.663. The summed E-state index contributed by atoms with van der Waals surface area (Å²) < 4.78 is 20.5. The highest BCUT2D eigenvalue weighted by Crippen LogP contribution is 2.44. The van der Waals surface area contributed by atoms with Gasteiger partial charge in [-0.25, -0.2) is 0 Å². The van der Waals surface area contributed by atoms with E-state index in [9.17, 15) is 8.78 Å². The van der Waals surface area contributed by atoms with Gasteiger partial charge in [0.05, 0.1) is 0 Å². The SMILES string of the molecule is CC(C)O.FC(F)(Cl)C(Cl)(Cl)Cl. The van der Waals surface area contributed by atoms with Crippen molar-refractivity contribution in [3.8, 4) is 0 Å². The fourth-order valence-corrected chi connectivity index (χ4v) is 0. The second-order valence-corrected chi connectivity index (χ2v) is 4.85. The average molecular weight is 264 g/mol. The molecule has 0 radical (unpaired) electrons. The minimum absolute atomic E-state index is 0.167. The molecule has 0 fully saturated rings. The van der Waals surface area contributed by atoms with Gasteiger partial charge in [-0.2, -0.15) is 8.78 Å². The van der Waals surface area contributed by atoms with Crippen LogP contribution in [0, 0.1) is 0 Å². The molecule has 0 unspecified atom stereocenters. The molecule has 7 heteroatoms. The summed E-state index contributed by atoms with van der Waals surface area (Å²) in [6.45, 7) is 3.44.